The number of nitrogen functional groups attached to an aromatic ring is 1. The van der Waals surface area contributed by atoms with E-state index in [-0.39, 0.29) is 0 Å². The minimum Gasteiger partial charge on any atom is -0.394 e. The van der Waals surface area contributed by atoms with Gasteiger partial charge in [0.15, 0.2) is 0 Å². The molecule has 0 aliphatic heterocycles. The van der Waals surface area contributed by atoms with Crippen molar-refractivity contribution in [3.05, 3.63) is 41.6 Å². The van der Waals surface area contributed by atoms with Crippen molar-refractivity contribution in [3.63, 3.8) is 0 Å². The Morgan fingerprint density at radius 3 is 2.47 bits per heavy atom. The Bertz CT molecular complexity index is 502. The first-order valence-corrected chi connectivity index (χ1v) is 5.63. The van der Waals surface area contributed by atoms with Gasteiger partial charge in [-0.25, -0.2) is 0 Å². The van der Waals surface area contributed by atoms with Crippen molar-refractivity contribution in [1.82, 2.24) is 9.78 Å². The number of nitrogens with two attached hydrogens (primary N) is 1. The summed E-state index contributed by atoms with van der Waals surface area (Å²) in [6.07, 6.45) is 0. The van der Waals surface area contributed by atoms with E-state index in [9.17, 15) is 0 Å². The molecular formula is C13H18N4. The highest BCUT2D eigenvalue weighted by atomic mass is 15.4. The standard InChI is InChI=1S/C13H18N4/c1-10-12(14)13(17(3)15-10)16(2)9-11-7-5-4-6-8-11/h4-8H,9,14H2,1-3H3. The van der Waals surface area contributed by atoms with Crippen molar-refractivity contribution >= 4 is 11.5 Å². The lowest BCUT2D eigenvalue weighted by Crippen LogP contribution is -2.20. The molecule has 0 spiro atoms. The molecule has 17 heavy (non-hydrogen) atoms. The molecule has 0 aliphatic carbocycles. The molecule has 90 valence electrons. The van der Waals surface area contributed by atoms with Crippen LogP contribution in [0.2, 0.25) is 0 Å². The van der Waals surface area contributed by atoms with Gasteiger partial charge < -0.3 is 10.6 Å². The van der Waals surface area contributed by atoms with Gasteiger partial charge in [0.1, 0.15) is 5.82 Å². The van der Waals surface area contributed by atoms with Crippen molar-refractivity contribution in [2.75, 3.05) is 17.7 Å². The number of aromatic nitrogens is 2. The smallest absolute Gasteiger partial charge is 0.150 e. The van der Waals surface area contributed by atoms with E-state index < -0.39 is 0 Å². The van der Waals surface area contributed by atoms with Crippen LogP contribution in [0.3, 0.4) is 0 Å². The fourth-order valence-corrected chi connectivity index (χ4v) is 2.05. The quantitative estimate of drug-likeness (QED) is 0.876. The first-order chi connectivity index (χ1) is 8.09. The normalized spacial score (nSPS) is 10.5. The summed E-state index contributed by atoms with van der Waals surface area (Å²) in [5.41, 5.74) is 8.92. The Labute approximate surface area is 102 Å². The Morgan fingerprint density at radius 1 is 1.29 bits per heavy atom. The molecule has 0 bridgehead atoms. The first kappa shape index (κ1) is 11.5. The summed E-state index contributed by atoms with van der Waals surface area (Å²) in [7, 11) is 3.94. The van der Waals surface area contributed by atoms with Gasteiger partial charge in [-0.05, 0) is 12.5 Å². The molecule has 0 radical (unpaired) electrons. The van der Waals surface area contributed by atoms with Gasteiger partial charge in [0.25, 0.3) is 0 Å². The minimum absolute atomic E-state index is 0.755. The lowest BCUT2D eigenvalue weighted by Gasteiger charge is -2.20. The van der Waals surface area contributed by atoms with Gasteiger partial charge in [-0.2, -0.15) is 5.10 Å². The van der Waals surface area contributed by atoms with Crippen molar-refractivity contribution in [1.29, 1.82) is 0 Å². The molecular weight excluding hydrogens is 212 g/mol. The number of hydrogen-bond donors (Lipinski definition) is 1. The van der Waals surface area contributed by atoms with E-state index in [1.54, 1.807) is 0 Å². The van der Waals surface area contributed by atoms with E-state index >= 15 is 0 Å². The lowest BCUT2D eigenvalue weighted by atomic mass is 10.2. The van der Waals surface area contributed by atoms with Crippen molar-refractivity contribution in [2.24, 2.45) is 7.05 Å². The van der Waals surface area contributed by atoms with E-state index in [2.05, 4.69) is 22.1 Å². The predicted octanol–water partition coefficient (Wildman–Crippen LogP) is 1.95. The Balaban J connectivity index is 2.23. The molecule has 0 fully saturated rings. The summed E-state index contributed by atoms with van der Waals surface area (Å²) < 4.78 is 1.83. The Hall–Kier alpha value is -1.97. The highest BCUT2D eigenvalue weighted by molar-refractivity contribution is 5.65. The lowest BCUT2D eigenvalue weighted by molar-refractivity contribution is 0.727. The first-order valence-electron chi connectivity index (χ1n) is 5.63. The average Bonchev–Trinajstić information content (AvgIpc) is 2.54. The van der Waals surface area contributed by atoms with Crippen LogP contribution in [0, 0.1) is 6.92 Å². The molecule has 2 N–H and O–H groups in total. The fraction of sp³-hybridized carbons (Fsp3) is 0.308. The zero-order valence-corrected chi connectivity index (χ0v) is 10.5. The largest absolute Gasteiger partial charge is 0.394 e. The number of aryl methyl sites for hydroxylation is 2. The van der Waals surface area contributed by atoms with Crippen LogP contribution in [0.25, 0.3) is 0 Å². The van der Waals surface area contributed by atoms with Crippen LogP contribution in [-0.4, -0.2) is 16.8 Å². The van der Waals surface area contributed by atoms with Crippen molar-refractivity contribution < 1.29 is 0 Å². The summed E-state index contributed by atoms with van der Waals surface area (Å²) in [6.45, 7) is 2.75. The second-order valence-corrected chi connectivity index (χ2v) is 4.29. The van der Waals surface area contributed by atoms with Crippen LogP contribution in [0.5, 0.6) is 0 Å². The second kappa shape index (κ2) is 4.49. The molecule has 4 nitrogen and oxygen atoms in total. The molecule has 1 aromatic carbocycles. The third-order valence-electron chi connectivity index (χ3n) is 2.86. The molecule has 1 aromatic heterocycles. The number of hydrogen-bond acceptors (Lipinski definition) is 3. The number of rotatable bonds is 3. The second-order valence-electron chi connectivity index (χ2n) is 4.29. The predicted molar refractivity (Wildman–Crippen MR) is 70.9 cm³/mol. The molecule has 4 heteroatoms. The zero-order chi connectivity index (χ0) is 12.4. The third-order valence-corrected chi connectivity index (χ3v) is 2.86. The van der Waals surface area contributed by atoms with Crippen LogP contribution >= 0.6 is 0 Å². The molecule has 0 saturated carbocycles. The summed E-state index contributed by atoms with van der Waals surface area (Å²) in [6, 6.07) is 10.3. The highest BCUT2D eigenvalue weighted by Gasteiger charge is 2.14. The zero-order valence-electron chi connectivity index (χ0n) is 10.5. The van der Waals surface area contributed by atoms with E-state index in [1.807, 2.05) is 43.9 Å². The Morgan fingerprint density at radius 2 is 1.94 bits per heavy atom. The van der Waals surface area contributed by atoms with Crippen LogP contribution in [0.4, 0.5) is 11.5 Å². The summed E-state index contributed by atoms with van der Waals surface area (Å²) >= 11 is 0. The SMILES string of the molecule is Cc1nn(C)c(N(C)Cc2ccccc2)c1N. The Kier molecular flexibility index (Phi) is 3.04. The van der Waals surface area contributed by atoms with Gasteiger partial charge in [-0.3, -0.25) is 4.68 Å². The topological polar surface area (TPSA) is 47.1 Å². The van der Waals surface area contributed by atoms with E-state index in [1.165, 1.54) is 5.56 Å². The molecule has 0 amide bonds. The molecule has 2 rings (SSSR count). The average molecular weight is 230 g/mol. The van der Waals surface area contributed by atoms with Crippen LogP contribution < -0.4 is 10.6 Å². The molecule has 0 aliphatic rings. The van der Waals surface area contributed by atoms with Crippen LogP contribution in [0.1, 0.15) is 11.3 Å². The van der Waals surface area contributed by atoms with Gasteiger partial charge >= 0.3 is 0 Å². The van der Waals surface area contributed by atoms with E-state index in [0.717, 1.165) is 23.7 Å². The molecule has 0 atom stereocenters. The maximum Gasteiger partial charge on any atom is 0.150 e. The molecule has 0 saturated heterocycles. The third kappa shape index (κ3) is 2.25. The van der Waals surface area contributed by atoms with E-state index in [4.69, 9.17) is 5.73 Å². The van der Waals surface area contributed by atoms with Gasteiger partial charge in [-0.15, -0.1) is 0 Å². The fourth-order valence-electron chi connectivity index (χ4n) is 2.05. The van der Waals surface area contributed by atoms with Crippen molar-refractivity contribution in [3.8, 4) is 0 Å². The van der Waals surface area contributed by atoms with Crippen LogP contribution in [-0.2, 0) is 13.6 Å². The molecule has 0 unspecified atom stereocenters. The number of benzene rings is 1. The van der Waals surface area contributed by atoms with Gasteiger partial charge in [-0.1, -0.05) is 30.3 Å². The maximum atomic E-state index is 6.03. The maximum absolute atomic E-state index is 6.03. The summed E-state index contributed by atoms with van der Waals surface area (Å²) in [5, 5.41) is 4.32. The van der Waals surface area contributed by atoms with Crippen molar-refractivity contribution in [2.45, 2.75) is 13.5 Å². The minimum atomic E-state index is 0.755. The van der Waals surface area contributed by atoms with Crippen LogP contribution in [0.15, 0.2) is 30.3 Å². The van der Waals surface area contributed by atoms with Gasteiger partial charge in [0.05, 0.1) is 11.4 Å². The highest BCUT2D eigenvalue weighted by Crippen LogP contribution is 2.25. The summed E-state index contributed by atoms with van der Waals surface area (Å²) in [5.74, 6) is 0.964. The summed E-state index contributed by atoms with van der Waals surface area (Å²) in [4.78, 5) is 2.12. The number of anilines is 2. The van der Waals surface area contributed by atoms with Gasteiger partial charge in [0, 0.05) is 20.6 Å². The number of nitrogens with zero attached hydrogens (tertiary/aromatic N) is 3. The van der Waals surface area contributed by atoms with E-state index in [0.29, 0.717) is 0 Å². The monoisotopic (exact) mass is 230 g/mol. The van der Waals surface area contributed by atoms with Gasteiger partial charge in [0.2, 0.25) is 0 Å². The molecule has 2 aromatic rings. The molecule has 1 heterocycles.